The highest BCUT2D eigenvalue weighted by Gasteiger charge is 2.36. The molecule has 152 valence electrons. The smallest absolute Gasteiger partial charge is 0.326 e. The lowest BCUT2D eigenvalue weighted by molar-refractivity contribution is -0.144. The van der Waals surface area contributed by atoms with Gasteiger partial charge in [-0.15, -0.1) is 0 Å². The van der Waals surface area contributed by atoms with Gasteiger partial charge in [-0.3, -0.25) is 4.79 Å². The van der Waals surface area contributed by atoms with Crippen molar-refractivity contribution >= 4 is 18.0 Å². The summed E-state index contributed by atoms with van der Waals surface area (Å²) in [6, 6.07) is 15.2. The van der Waals surface area contributed by atoms with Gasteiger partial charge in [-0.2, -0.15) is 0 Å². The Kier molecular flexibility index (Phi) is 6.16. The molecular formula is C22H24N2O5. The molecule has 2 atom stereocenters. The minimum absolute atomic E-state index is 0.00640. The molecule has 0 fully saturated rings. The van der Waals surface area contributed by atoms with Gasteiger partial charge in [0, 0.05) is 26.6 Å². The number of amides is 2. The molecule has 7 nitrogen and oxygen atoms in total. The molecule has 0 aromatic heterocycles. The van der Waals surface area contributed by atoms with Gasteiger partial charge in [0.1, 0.15) is 6.04 Å². The van der Waals surface area contributed by atoms with Crippen molar-refractivity contribution in [3.05, 3.63) is 71.3 Å². The van der Waals surface area contributed by atoms with E-state index in [-0.39, 0.29) is 19.5 Å². The Morgan fingerprint density at radius 3 is 2.28 bits per heavy atom. The van der Waals surface area contributed by atoms with Crippen molar-refractivity contribution in [3.8, 4) is 0 Å². The van der Waals surface area contributed by atoms with Gasteiger partial charge in [0.15, 0.2) is 0 Å². The fraction of sp³-hybridized carbons (Fsp3) is 0.318. The summed E-state index contributed by atoms with van der Waals surface area (Å²) < 4.78 is 0. The van der Waals surface area contributed by atoms with Crippen LogP contribution in [0.3, 0.4) is 0 Å². The zero-order valence-electron chi connectivity index (χ0n) is 16.2. The van der Waals surface area contributed by atoms with Gasteiger partial charge in [0.05, 0.1) is 5.92 Å². The number of carboxylic acids is 2. The first-order valence-corrected chi connectivity index (χ1v) is 9.45. The summed E-state index contributed by atoms with van der Waals surface area (Å²) in [6.45, 7) is 0.181. The van der Waals surface area contributed by atoms with E-state index >= 15 is 0 Å². The molecule has 0 aliphatic carbocycles. The average Bonchev–Trinajstić information content (AvgIpc) is 2.72. The number of nitrogens with zero attached hydrogens (tertiary/aromatic N) is 2. The molecule has 2 aromatic rings. The van der Waals surface area contributed by atoms with Crippen LogP contribution in [0.5, 0.6) is 0 Å². The third kappa shape index (κ3) is 4.74. The molecule has 2 amide bonds. The van der Waals surface area contributed by atoms with E-state index in [4.69, 9.17) is 0 Å². The second-order valence-corrected chi connectivity index (χ2v) is 7.34. The van der Waals surface area contributed by atoms with Gasteiger partial charge in [-0.1, -0.05) is 54.6 Å². The van der Waals surface area contributed by atoms with Crippen molar-refractivity contribution in [2.45, 2.75) is 25.4 Å². The van der Waals surface area contributed by atoms with Gasteiger partial charge in [-0.25, -0.2) is 9.59 Å². The van der Waals surface area contributed by atoms with Crippen molar-refractivity contribution in [3.63, 3.8) is 0 Å². The summed E-state index contributed by atoms with van der Waals surface area (Å²) in [6.07, 6.45) is 0.524. The fourth-order valence-corrected chi connectivity index (χ4v) is 3.70. The number of fused-ring (bicyclic) bond motifs is 1. The molecule has 1 heterocycles. The van der Waals surface area contributed by atoms with Crippen molar-refractivity contribution in [1.29, 1.82) is 0 Å². The Morgan fingerprint density at radius 1 is 1.03 bits per heavy atom. The van der Waals surface area contributed by atoms with Crippen LogP contribution in [0.1, 0.15) is 16.7 Å². The van der Waals surface area contributed by atoms with Crippen LogP contribution in [-0.4, -0.2) is 57.6 Å². The molecule has 0 saturated carbocycles. The summed E-state index contributed by atoms with van der Waals surface area (Å²) in [4.78, 5) is 39.1. The van der Waals surface area contributed by atoms with Gasteiger partial charge < -0.3 is 20.0 Å². The van der Waals surface area contributed by atoms with Crippen molar-refractivity contribution in [1.82, 2.24) is 9.80 Å². The molecule has 1 aliphatic rings. The number of carbonyl (C=O) groups is 3. The van der Waals surface area contributed by atoms with Crippen molar-refractivity contribution in [2.24, 2.45) is 5.92 Å². The SMILES string of the molecule is CN(CC(Cc1ccccc1)C(=O)O)C(=O)N1Cc2ccccc2C[C@H]1C(=O)O. The number of carboxylic acid groups (broad SMARTS) is 2. The second-order valence-electron chi connectivity index (χ2n) is 7.34. The largest absolute Gasteiger partial charge is 0.481 e. The van der Waals surface area contributed by atoms with Gasteiger partial charge in [0.25, 0.3) is 0 Å². The maximum atomic E-state index is 13.0. The molecule has 0 spiro atoms. The van der Waals surface area contributed by atoms with Crippen LogP contribution in [0, 0.1) is 5.92 Å². The summed E-state index contributed by atoms with van der Waals surface area (Å²) in [5.41, 5.74) is 2.70. The van der Waals surface area contributed by atoms with Crippen LogP contribution in [0.2, 0.25) is 0 Å². The highest BCUT2D eigenvalue weighted by molar-refractivity contribution is 5.84. The predicted molar refractivity (Wildman–Crippen MR) is 106 cm³/mol. The van der Waals surface area contributed by atoms with Crippen LogP contribution in [0.4, 0.5) is 4.79 Å². The number of benzene rings is 2. The number of carbonyl (C=O) groups excluding carboxylic acids is 1. The summed E-state index contributed by atoms with van der Waals surface area (Å²) in [5.74, 6) is -2.85. The first kappa shape index (κ1) is 20.4. The third-order valence-corrected chi connectivity index (χ3v) is 5.27. The summed E-state index contributed by atoms with van der Waals surface area (Å²) in [7, 11) is 1.52. The Balaban J connectivity index is 1.75. The molecule has 7 heteroatoms. The molecular weight excluding hydrogens is 372 g/mol. The maximum Gasteiger partial charge on any atom is 0.326 e. The normalized spacial score (nSPS) is 16.6. The maximum absolute atomic E-state index is 13.0. The van der Waals surface area contributed by atoms with Crippen LogP contribution in [0.15, 0.2) is 54.6 Å². The minimum Gasteiger partial charge on any atom is -0.481 e. The van der Waals surface area contributed by atoms with Crippen LogP contribution >= 0.6 is 0 Å². The van der Waals surface area contributed by atoms with Gasteiger partial charge >= 0.3 is 18.0 Å². The molecule has 29 heavy (non-hydrogen) atoms. The van der Waals surface area contributed by atoms with E-state index in [0.29, 0.717) is 6.42 Å². The number of rotatable bonds is 6. The summed E-state index contributed by atoms with van der Waals surface area (Å²) in [5, 5.41) is 19.2. The van der Waals surface area contributed by atoms with Crippen molar-refractivity contribution in [2.75, 3.05) is 13.6 Å². The number of aliphatic carboxylic acids is 2. The predicted octanol–water partition coefficient (Wildman–Crippen LogP) is 2.49. The van der Waals surface area contributed by atoms with E-state index in [2.05, 4.69) is 0 Å². The zero-order chi connectivity index (χ0) is 21.0. The zero-order valence-corrected chi connectivity index (χ0v) is 16.2. The van der Waals surface area contributed by atoms with E-state index in [9.17, 15) is 24.6 Å². The lowest BCUT2D eigenvalue weighted by Gasteiger charge is -2.37. The molecule has 0 radical (unpaired) electrons. The number of hydrogen-bond acceptors (Lipinski definition) is 3. The van der Waals surface area contributed by atoms with Gasteiger partial charge in [-0.05, 0) is 23.1 Å². The third-order valence-electron chi connectivity index (χ3n) is 5.27. The van der Waals surface area contributed by atoms with E-state index in [1.807, 2.05) is 54.6 Å². The van der Waals surface area contributed by atoms with Crippen LogP contribution in [0.25, 0.3) is 0 Å². The van der Waals surface area contributed by atoms with Gasteiger partial charge in [0.2, 0.25) is 0 Å². The molecule has 0 bridgehead atoms. The summed E-state index contributed by atoms with van der Waals surface area (Å²) >= 11 is 0. The lowest BCUT2D eigenvalue weighted by atomic mass is 9.94. The second kappa shape index (κ2) is 8.77. The van der Waals surface area contributed by atoms with Crippen molar-refractivity contribution < 1.29 is 24.6 Å². The fourth-order valence-electron chi connectivity index (χ4n) is 3.70. The van der Waals surface area contributed by atoms with E-state index in [1.165, 1.54) is 16.8 Å². The molecule has 1 unspecified atom stereocenters. The van der Waals surface area contributed by atoms with Crippen LogP contribution < -0.4 is 0 Å². The minimum atomic E-state index is -1.07. The first-order chi connectivity index (χ1) is 13.9. The Hall–Kier alpha value is -3.35. The van der Waals surface area contributed by atoms with E-state index in [0.717, 1.165) is 16.7 Å². The van der Waals surface area contributed by atoms with E-state index in [1.54, 1.807) is 0 Å². The van der Waals surface area contributed by atoms with Crippen LogP contribution in [-0.2, 0) is 29.0 Å². The molecule has 2 N–H and O–H groups in total. The molecule has 1 aliphatic heterocycles. The highest BCUT2D eigenvalue weighted by atomic mass is 16.4. The first-order valence-electron chi connectivity index (χ1n) is 9.45. The standard InChI is InChI=1S/C22H24N2O5/c1-23(13-18(20(25)26)11-15-7-3-2-4-8-15)22(29)24-14-17-10-6-5-9-16(17)12-19(24)21(27)28/h2-10,18-19H,11-14H2,1H3,(H,25,26)(H,27,28)/t18?,19-/m0/s1. The molecule has 2 aromatic carbocycles. The quantitative estimate of drug-likeness (QED) is 0.782. The highest BCUT2D eigenvalue weighted by Crippen LogP contribution is 2.25. The monoisotopic (exact) mass is 396 g/mol. The Labute approximate surface area is 169 Å². The molecule has 0 saturated heterocycles. The topological polar surface area (TPSA) is 98.2 Å². The number of urea groups is 1. The lowest BCUT2D eigenvalue weighted by Crippen LogP contribution is -2.53. The molecule has 3 rings (SSSR count). The number of hydrogen-bond donors (Lipinski definition) is 2. The average molecular weight is 396 g/mol. The Morgan fingerprint density at radius 2 is 1.66 bits per heavy atom. The Bertz CT molecular complexity index is 899. The van der Waals surface area contributed by atoms with E-state index < -0.39 is 29.9 Å².